The molecule has 0 saturated carbocycles. The summed E-state index contributed by atoms with van der Waals surface area (Å²) in [5.74, 6) is 0.884. The van der Waals surface area contributed by atoms with Gasteiger partial charge in [-0.3, -0.25) is 0 Å². The van der Waals surface area contributed by atoms with Crippen molar-refractivity contribution >= 4 is 62.6 Å². The van der Waals surface area contributed by atoms with Crippen LogP contribution in [0.15, 0.2) is 34.0 Å². The molecule has 0 saturated heterocycles. The lowest BCUT2D eigenvalue weighted by Crippen LogP contribution is -2.33. The van der Waals surface area contributed by atoms with Crippen LogP contribution in [0.3, 0.4) is 0 Å². The molecule has 0 aliphatic rings. The van der Waals surface area contributed by atoms with E-state index in [0.29, 0.717) is 42.2 Å². The molecule has 0 atom stereocenters. The van der Waals surface area contributed by atoms with Gasteiger partial charge in [0.15, 0.2) is 5.65 Å². The molecule has 2 N–H and O–H groups in total. The number of hydrogen-bond acceptors (Lipinski definition) is 10. The maximum atomic E-state index is 12.3. The second-order valence-electron chi connectivity index (χ2n) is 12.5. The Kier molecular flexibility index (Phi) is 9.83. The number of sulfone groups is 1. The number of fused-ring (bicyclic) bond motifs is 2. The van der Waals surface area contributed by atoms with E-state index in [1.807, 2.05) is 43.5 Å². The molecule has 4 rings (SSSR count). The first-order chi connectivity index (χ1) is 20.0. The average Bonchev–Trinajstić information content (AvgIpc) is 3.42. The molecule has 4 aromatic rings. The van der Waals surface area contributed by atoms with Gasteiger partial charge in [-0.2, -0.15) is 19.6 Å². The molecule has 0 spiro atoms. The molecule has 3 heterocycles. The number of halogens is 1. The molecule has 13 nitrogen and oxygen atoms in total. The predicted octanol–water partition coefficient (Wildman–Crippen LogP) is 4.63. The molecule has 0 radical (unpaired) electrons. The number of anilines is 1. The van der Waals surface area contributed by atoms with Crippen LogP contribution < -0.4 is 10.6 Å². The highest BCUT2D eigenvalue weighted by molar-refractivity contribution is 9.10. The molecular formula is C27H39BrN8O5SSi. The molecule has 16 heteroatoms. The number of ether oxygens (including phenoxy) is 2. The fraction of sp³-hybridized carbons (Fsp3) is 0.519. The quantitative estimate of drug-likeness (QED) is 0.158. The van der Waals surface area contributed by atoms with Crippen molar-refractivity contribution < 1.29 is 22.7 Å². The molecule has 0 aliphatic carbocycles. The average molecular weight is 696 g/mol. The lowest BCUT2D eigenvalue weighted by molar-refractivity contribution is 0.0528. The summed E-state index contributed by atoms with van der Waals surface area (Å²) in [5.41, 5.74) is 2.44. The van der Waals surface area contributed by atoms with Gasteiger partial charge in [0.05, 0.1) is 28.2 Å². The topological polar surface area (TPSA) is 155 Å². The fourth-order valence-electron chi connectivity index (χ4n) is 4.08. The van der Waals surface area contributed by atoms with Crippen molar-refractivity contribution in [3.05, 3.63) is 40.3 Å². The summed E-state index contributed by atoms with van der Waals surface area (Å²) in [7, 11) is -4.96. The van der Waals surface area contributed by atoms with E-state index in [4.69, 9.17) is 14.5 Å². The van der Waals surface area contributed by atoms with Crippen LogP contribution in [0.4, 0.5) is 10.7 Å². The Bertz CT molecular complexity index is 1730. The number of hydrogen-bond donors (Lipinski definition) is 2. The number of imidazole rings is 1. The fourth-order valence-corrected chi connectivity index (χ4v) is 5.69. The SMILES string of the molecule is CC(C)(C)OC(=O)NCCc1ccc2nc(CNc3nc(S(C)(=O)=O)nc4c(Br)cnn34)n(COCC[Si](C)(C)C)c2c1. The third-order valence-electron chi connectivity index (χ3n) is 6.23. The lowest BCUT2D eigenvalue weighted by atomic mass is 10.1. The molecule has 0 unspecified atom stereocenters. The molecule has 1 aromatic carbocycles. The van der Waals surface area contributed by atoms with Crippen molar-refractivity contribution in [2.75, 3.05) is 24.7 Å². The highest BCUT2D eigenvalue weighted by Gasteiger charge is 2.20. The van der Waals surface area contributed by atoms with Gasteiger partial charge in [-0.25, -0.2) is 18.2 Å². The number of aromatic nitrogens is 6. The Labute approximate surface area is 260 Å². The third-order valence-corrected chi connectivity index (χ3v) is 9.34. The first kappa shape index (κ1) is 32.8. The summed E-state index contributed by atoms with van der Waals surface area (Å²) >= 11 is 3.37. The number of nitrogens with one attached hydrogen (secondary N) is 2. The van der Waals surface area contributed by atoms with Gasteiger partial charge in [0.1, 0.15) is 18.2 Å². The van der Waals surface area contributed by atoms with Crippen molar-refractivity contribution in [1.82, 2.24) is 34.4 Å². The van der Waals surface area contributed by atoms with Crippen LogP contribution >= 0.6 is 15.9 Å². The summed E-state index contributed by atoms with van der Waals surface area (Å²) in [6.45, 7) is 13.9. The Morgan fingerprint density at radius 1 is 1.14 bits per heavy atom. The first-order valence-corrected chi connectivity index (χ1v) is 20.3. The van der Waals surface area contributed by atoms with E-state index < -0.39 is 29.6 Å². The van der Waals surface area contributed by atoms with Gasteiger partial charge in [0.25, 0.3) is 5.16 Å². The largest absolute Gasteiger partial charge is 0.444 e. The van der Waals surface area contributed by atoms with E-state index in [1.54, 1.807) is 0 Å². The number of carbonyl (C=O) groups excluding carboxylic acids is 1. The Balaban J connectivity index is 1.59. The molecule has 1 amide bonds. The van der Waals surface area contributed by atoms with Gasteiger partial charge >= 0.3 is 6.09 Å². The zero-order chi connectivity index (χ0) is 31.6. The highest BCUT2D eigenvalue weighted by Crippen LogP contribution is 2.23. The lowest BCUT2D eigenvalue weighted by Gasteiger charge is -2.19. The standard InChI is InChI=1S/C27H39BrN8O5SSi/c1-27(2,3)41-26(37)29-11-10-18-8-9-20-21(14-18)35(17-40-12-13-43(5,6)7)22(32-20)16-30-24-34-25(42(4,38)39)33-23-19(28)15-31-36(23)24/h8-9,14-15H,10-13,16-17H2,1-7H3,(H,29,37)(H,30,33,34). The molecule has 234 valence electrons. The minimum atomic E-state index is -3.67. The summed E-state index contributed by atoms with van der Waals surface area (Å²) < 4.78 is 40.0. The molecule has 0 fully saturated rings. The summed E-state index contributed by atoms with van der Waals surface area (Å²) in [5, 5.41) is 9.96. The summed E-state index contributed by atoms with van der Waals surface area (Å²) in [6, 6.07) is 6.98. The van der Waals surface area contributed by atoms with Gasteiger partial charge in [0, 0.05) is 27.5 Å². The van der Waals surface area contributed by atoms with Gasteiger partial charge < -0.3 is 24.7 Å². The molecule has 3 aromatic heterocycles. The van der Waals surface area contributed by atoms with Crippen LogP contribution in [0, 0.1) is 0 Å². The Hall–Kier alpha value is -3.08. The molecule has 0 bridgehead atoms. The molecule has 43 heavy (non-hydrogen) atoms. The van der Waals surface area contributed by atoms with E-state index >= 15 is 0 Å². The maximum Gasteiger partial charge on any atom is 0.407 e. The Morgan fingerprint density at radius 3 is 2.56 bits per heavy atom. The van der Waals surface area contributed by atoms with E-state index in [-0.39, 0.29) is 17.6 Å². The van der Waals surface area contributed by atoms with E-state index in [9.17, 15) is 13.2 Å². The number of nitrogens with zero attached hydrogens (tertiary/aromatic N) is 6. The van der Waals surface area contributed by atoms with Crippen LogP contribution in [0.5, 0.6) is 0 Å². The van der Waals surface area contributed by atoms with Crippen LogP contribution in [0.25, 0.3) is 16.7 Å². The zero-order valence-corrected chi connectivity index (χ0v) is 29.0. The summed E-state index contributed by atoms with van der Waals surface area (Å²) in [6.07, 6.45) is 2.74. The number of benzene rings is 1. The monoisotopic (exact) mass is 694 g/mol. The van der Waals surface area contributed by atoms with Crippen molar-refractivity contribution in [3.63, 3.8) is 0 Å². The van der Waals surface area contributed by atoms with E-state index in [2.05, 4.69) is 61.3 Å². The van der Waals surface area contributed by atoms with E-state index in [0.717, 1.165) is 28.9 Å². The van der Waals surface area contributed by atoms with Crippen molar-refractivity contribution in [2.45, 2.75) is 76.9 Å². The zero-order valence-electron chi connectivity index (χ0n) is 25.6. The van der Waals surface area contributed by atoms with Gasteiger partial charge in [-0.05, 0) is 66.9 Å². The van der Waals surface area contributed by atoms with E-state index in [1.165, 1.54) is 10.7 Å². The second-order valence-corrected chi connectivity index (χ2v) is 20.9. The van der Waals surface area contributed by atoms with Gasteiger partial charge in [0.2, 0.25) is 15.8 Å². The van der Waals surface area contributed by atoms with Crippen LogP contribution in [-0.2, 0) is 39.0 Å². The maximum absolute atomic E-state index is 12.3. The third kappa shape index (κ3) is 8.96. The number of rotatable bonds is 12. The smallest absolute Gasteiger partial charge is 0.407 e. The van der Waals surface area contributed by atoms with Crippen molar-refractivity contribution in [2.24, 2.45) is 0 Å². The normalized spacial score (nSPS) is 12.7. The summed E-state index contributed by atoms with van der Waals surface area (Å²) in [4.78, 5) is 25.3. The molecular weight excluding hydrogens is 656 g/mol. The number of alkyl carbamates (subject to hydrolysis) is 1. The van der Waals surface area contributed by atoms with Crippen LogP contribution in [0.2, 0.25) is 25.7 Å². The first-order valence-electron chi connectivity index (χ1n) is 13.9. The predicted molar refractivity (Wildman–Crippen MR) is 171 cm³/mol. The minimum absolute atomic E-state index is 0.211. The highest BCUT2D eigenvalue weighted by atomic mass is 79.9. The molecule has 0 aliphatic heterocycles. The van der Waals surface area contributed by atoms with Crippen molar-refractivity contribution in [1.29, 1.82) is 0 Å². The number of amides is 1. The minimum Gasteiger partial charge on any atom is -0.444 e. The van der Waals surface area contributed by atoms with Crippen LogP contribution in [0.1, 0.15) is 32.2 Å². The number of carbonyl (C=O) groups is 1. The van der Waals surface area contributed by atoms with Gasteiger partial charge in [-0.1, -0.05) is 25.7 Å². The van der Waals surface area contributed by atoms with Crippen LogP contribution in [-0.4, -0.2) is 76.7 Å². The van der Waals surface area contributed by atoms with Gasteiger partial charge in [-0.15, -0.1) is 0 Å². The second kappa shape index (κ2) is 12.9. The Morgan fingerprint density at radius 2 is 1.88 bits per heavy atom. The van der Waals surface area contributed by atoms with Crippen molar-refractivity contribution in [3.8, 4) is 0 Å².